The van der Waals surface area contributed by atoms with Crippen LogP contribution in [0.2, 0.25) is 0 Å². The van der Waals surface area contributed by atoms with Crippen molar-refractivity contribution >= 4 is 17.7 Å². The molecule has 5 heteroatoms. The van der Waals surface area contributed by atoms with Gasteiger partial charge in [0.1, 0.15) is 5.76 Å². The van der Waals surface area contributed by atoms with Gasteiger partial charge in [-0.25, -0.2) is 9.78 Å². The van der Waals surface area contributed by atoms with Crippen molar-refractivity contribution < 1.29 is 13.9 Å². The fourth-order valence-corrected chi connectivity index (χ4v) is 2.23. The average molecular weight is 277 g/mol. The third-order valence-electron chi connectivity index (χ3n) is 2.73. The number of esters is 1. The number of methoxy groups -OCH3 is 1. The lowest BCUT2D eigenvalue weighted by Gasteiger charge is -1.99. The Morgan fingerprint density at radius 2 is 2.05 bits per heavy atom. The first kappa shape index (κ1) is 13.7. The number of oxazole rings is 1. The number of benzene rings is 1. The second-order valence-electron chi connectivity index (χ2n) is 4.02. The zero-order chi connectivity index (χ0) is 13.8. The Balaban J connectivity index is 2.27. The maximum absolute atomic E-state index is 11.3. The lowest BCUT2D eigenvalue weighted by Crippen LogP contribution is -2.00. The van der Waals surface area contributed by atoms with Gasteiger partial charge in [-0.1, -0.05) is 0 Å². The summed E-state index contributed by atoms with van der Waals surface area (Å²) in [4.78, 5) is 15.8. The molecular formula is C14H15NO3S. The van der Waals surface area contributed by atoms with Crippen LogP contribution in [0.25, 0.3) is 11.5 Å². The summed E-state index contributed by atoms with van der Waals surface area (Å²) in [7, 11) is 1.36. The van der Waals surface area contributed by atoms with Crippen molar-refractivity contribution in [3.05, 3.63) is 41.3 Å². The molecule has 0 unspecified atom stereocenters. The molecule has 1 aromatic carbocycles. The van der Waals surface area contributed by atoms with Crippen LogP contribution in [0, 0.1) is 6.92 Å². The second-order valence-corrected chi connectivity index (χ2v) is 4.89. The van der Waals surface area contributed by atoms with Gasteiger partial charge >= 0.3 is 5.97 Å². The van der Waals surface area contributed by atoms with Gasteiger partial charge in [0.05, 0.1) is 18.4 Å². The highest BCUT2D eigenvalue weighted by atomic mass is 32.2. The van der Waals surface area contributed by atoms with Crippen LogP contribution < -0.4 is 0 Å². The maximum atomic E-state index is 11.3. The summed E-state index contributed by atoms with van der Waals surface area (Å²) >= 11 is 1.70. The Bertz CT molecular complexity index is 575. The van der Waals surface area contributed by atoms with Crippen molar-refractivity contribution in [3.8, 4) is 11.5 Å². The summed E-state index contributed by atoms with van der Waals surface area (Å²) in [6, 6.07) is 7.02. The van der Waals surface area contributed by atoms with E-state index in [1.807, 2.05) is 13.2 Å². The van der Waals surface area contributed by atoms with Gasteiger partial charge < -0.3 is 9.15 Å². The summed E-state index contributed by atoms with van der Waals surface area (Å²) in [5.41, 5.74) is 2.32. The third-order valence-corrected chi connectivity index (χ3v) is 3.29. The Morgan fingerprint density at radius 3 is 2.63 bits per heavy atom. The zero-order valence-corrected chi connectivity index (χ0v) is 11.9. The number of carbonyl (C=O) groups excluding carboxylic acids is 1. The zero-order valence-electron chi connectivity index (χ0n) is 11.1. The summed E-state index contributed by atoms with van der Waals surface area (Å²) in [6.45, 7) is 1.91. The van der Waals surface area contributed by atoms with Crippen LogP contribution in [-0.2, 0) is 10.5 Å². The molecule has 0 saturated heterocycles. The predicted molar refractivity (Wildman–Crippen MR) is 75.2 cm³/mol. The molecule has 0 aliphatic rings. The lowest BCUT2D eigenvalue weighted by atomic mass is 10.1. The van der Waals surface area contributed by atoms with Gasteiger partial charge in [0.25, 0.3) is 0 Å². The molecule has 0 saturated carbocycles. The van der Waals surface area contributed by atoms with Crippen LogP contribution in [0.15, 0.2) is 28.7 Å². The van der Waals surface area contributed by atoms with Crippen LogP contribution in [0.4, 0.5) is 0 Å². The quantitative estimate of drug-likeness (QED) is 0.803. The third kappa shape index (κ3) is 2.98. The minimum atomic E-state index is -0.349. The van der Waals surface area contributed by atoms with Crippen molar-refractivity contribution in [2.45, 2.75) is 12.7 Å². The molecule has 1 heterocycles. The molecule has 2 aromatic rings. The molecule has 1 aromatic heterocycles. The largest absolute Gasteiger partial charge is 0.465 e. The van der Waals surface area contributed by atoms with E-state index < -0.39 is 0 Å². The van der Waals surface area contributed by atoms with Gasteiger partial charge in [0.2, 0.25) is 5.89 Å². The van der Waals surface area contributed by atoms with Crippen LogP contribution >= 0.6 is 11.8 Å². The molecule has 0 radical (unpaired) electrons. The van der Waals surface area contributed by atoms with E-state index in [0.717, 1.165) is 22.8 Å². The van der Waals surface area contributed by atoms with Crippen molar-refractivity contribution in [2.24, 2.45) is 0 Å². The summed E-state index contributed by atoms with van der Waals surface area (Å²) in [5.74, 6) is 1.90. The Labute approximate surface area is 116 Å². The molecule has 0 atom stereocenters. The van der Waals surface area contributed by atoms with Crippen molar-refractivity contribution in [1.29, 1.82) is 0 Å². The first-order valence-corrected chi connectivity index (χ1v) is 7.19. The van der Waals surface area contributed by atoms with Crippen LogP contribution in [0.5, 0.6) is 0 Å². The monoisotopic (exact) mass is 277 g/mol. The number of ether oxygens (including phenoxy) is 1. The van der Waals surface area contributed by atoms with Crippen LogP contribution in [0.1, 0.15) is 21.8 Å². The fraction of sp³-hybridized carbons (Fsp3) is 0.286. The predicted octanol–water partition coefficient (Wildman–Crippen LogP) is 3.30. The molecule has 4 nitrogen and oxygen atoms in total. The van der Waals surface area contributed by atoms with E-state index in [4.69, 9.17) is 4.42 Å². The lowest BCUT2D eigenvalue weighted by molar-refractivity contribution is 0.0601. The molecule has 0 amide bonds. The minimum Gasteiger partial charge on any atom is -0.465 e. The topological polar surface area (TPSA) is 52.3 Å². The molecule has 100 valence electrons. The smallest absolute Gasteiger partial charge is 0.337 e. The SMILES string of the molecule is COC(=O)c1ccc(-c2nc(CSC)c(C)o2)cc1. The van der Waals surface area contributed by atoms with E-state index in [2.05, 4.69) is 9.72 Å². The highest BCUT2D eigenvalue weighted by molar-refractivity contribution is 7.97. The molecule has 0 spiro atoms. The summed E-state index contributed by atoms with van der Waals surface area (Å²) < 4.78 is 10.3. The number of nitrogens with zero attached hydrogens (tertiary/aromatic N) is 1. The highest BCUT2D eigenvalue weighted by Crippen LogP contribution is 2.24. The Hall–Kier alpha value is -1.75. The molecule has 0 aliphatic carbocycles. The van der Waals surface area contributed by atoms with Crippen molar-refractivity contribution in [2.75, 3.05) is 13.4 Å². The Morgan fingerprint density at radius 1 is 1.37 bits per heavy atom. The van der Waals surface area contributed by atoms with Crippen molar-refractivity contribution in [1.82, 2.24) is 4.98 Å². The normalized spacial score (nSPS) is 10.5. The van der Waals surface area contributed by atoms with E-state index >= 15 is 0 Å². The van der Waals surface area contributed by atoms with Gasteiger partial charge in [0, 0.05) is 11.3 Å². The number of aryl methyl sites for hydroxylation is 1. The van der Waals surface area contributed by atoms with E-state index in [0.29, 0.717) is 11.5 Å². The first-order valence-electron chi connectivity index (χ1n) is 5.79. The molecule has 19 heavy (non-hydrogen) atoms. The number of carbonyl (C=O) groups is 1. The Kier molecular flexibility index (Phi) is 4.27. The number of hydrogen-bond acceptors (Lipinski definition) is 5. The van der Waals surface area contributed by atoms with Crippen molar-refractivity contribution in [3.63, 3.8) is 0 Å². The molecule has 2 rings (SSSR count). The standard InChI is InChI=1S/C14H15NO3S/c1-9-12(8-19-3)15-13(18-9)10-4-6-11(7-5-10)14(16)17-2/h4-7H,8H2,1-3H3. The molecule has 0 bridgehead atoms. The van der Waals surface area contributed by atoms with E-state index in [1.165, 1.54) is 7.11 Å². The van der Waals surface area contributed by atoms with Crippen LogP contribution in [0.3, 0.4) is 0 Å². The summed E-state index contributed by atoms with van der Waals surface area (Å²) in [6.07, 6.45) is 2.03. The molecular weight excluding hydrogens is 262 g/mol. The first-order chi connectivity index (χ1) is 9.15. The molecule has 0 fully saturated rings. The minimum absolute atomic E-state index is 0.349. The van der Waals surface area contributed by atoms with Gasteiger partial charge in [-0.05, 0) is 37.4 Å². The van der Waals surface area contributed by atoms with Gasteiger partial charge in [-0.15, -0.1) is 0 Å². The molecule has 0 N–H and O–H groups in total. The average Bonchev–Trinajstić information content (AvgIpc) is 2.80. The van der Waals surface area contributed by atoms with Gasteiger partial charge in [-0.2, -0.15) is 11.8 Å². The number of aromatic nitrogens is 1. The van der Waals surface area contributed by atoms with E-state index in [-0.39, 0.29) is 5.97 Å². The van der Waals surface area contributed by atoms with E-state index in [9.17, 15) is 4.79 Å². The van der Waals surface area contributed by atoms with E-state index in [1.54, 1.807) is 36.0 Å². The molecule has 0 aliphatic heterocycles. The maximum Gasteiger partial charge on any atom is 0.337 e. The summed E-state index contributed by atoms with van der Waals surface area (Å²) in [5, 5.41) is 0. The second kappa shape index (κ2) is 5.93. The number of rotatable bonds is 4. The van der Waals surface area contributed by atoms with Crippen LogP contribution in [-0.4, -0.2) is 24.3 Å². The fourth-order valence-electron chi connectivity index (χ4n) is 1.69. The number of thioether (sulfide) groups is 1. The van der Waals surface area contributed by atoms with Gasteiger partial charge in [-0.3, -0.25) is 0 Å². The van der Waals surface area contributed by atoms with Gasteiger partial charge in [0.15, 0.2) is 0 Å². The highest BCUT2D eigenvalue weighted by Gasteiger charge is 2.12. The number of hydrogen-bond donors (Lipinski definition) is 0.